The van der Waals surface area contributed by atoms with Crippen LogP contribution in [0.4, 0.5) is 11.4 Å². The maximum absolute atomic E-state index is 9.13. The lowest BCUT2D eigenvalue weighted by Crippen LogP contribution is -2.27. The van der Waals surface area contributed by atoms with Crippen LogP contribution in [-0.4, -0.2) is 0 Å². The van der Waals surface area contributed by atoms with Crippen LogP contribution in [0.5, 0.6) is 0 Å². The van der Waals surface area contributed by atoms with E-state index in [1.54, 1.807) is 0 Å². The molecule has 0 bridgehead atoms. The lowest BCUT2D eigenvalue weighted by molar-refractivity contribution is 0.158. The summed E-state index contributed by atoms with van der Waals surface area (Å²) < 4.78 is 0. The molecule has 0 heterocycles. The van der Waals surface area contributed by atoms with Crippen molar-refractivity contribution in [1.29, 1.82) is 5.26 Å². The molecule has 0 saturated heterocycles. The van der Waals surface area contributed by atoms with Crippen LogP contribution in [0.1, 0.15) is 91.4 Å². The van der Waals surface area contributed by atoms with Crippen LogP contribution in [-0.2, 0) is 0 Å². The number of hydrogen-bond donors (Lipinski definition) is 0. The fourth-order valence-electron chi connectivity index (χ4n) is 7.47. The number of nitriles is 1. The Morgan fingerprint density at radius 1 is 0.837 bits per heavy atom. The van der Waals surface area contributed by atoms with Gasteiger partial charge in [0.05, 0.1) is 6.07 Å². The van der Waals surface area contributed by atoms with E-state index in [2.05, 4.69) is 103 Å². The van der Waals surface area contributed by atoms with Crippen LogP contribution in [0.25, 0.3) is 0 Å². The van der Waals surface area contributed by atoms with E-state index in [0.717, 1.165) is 36.7 Å². The van der Waals surface area contributed by atoms with Gasteiger partial charge in [0.15, 0.2) is 0 Å². The summed E-state index contributed by atoms with van der Waals surface area (Å²) in [5.74, 6) is 2.92. The van der Waals surface area contributed by atoms with E-state index in [9.17, 15) is 0 Å². The Hall–Kier alpha value is -3.57. The van der Waals surface area contributed by atoms with Crippen molar-refractivity contribution < 1.29 is 0 Å². The zero-order chi connectivity index (χ0) is 30.6. The molecule has 2 atom stereocenters. The van der Waals surface area contributed by atoms with Crippen molar-refractivity contribution in [2.75, 3.05) is 4.90 Å². The molecule has 226 valence electrons. The summed E-state index contributed by atoms with van der Waals surface area (Å²) in [7, 11) is 0. The van der Waals surface area contributed by atoms with Crippen LogP contribution < -0.4 is 4.90 Å². The minimum Gasteiger partial charge on any atom is -0.314 e. The quantitative estimate of drug-likeness (QED) is 0.221. The molecule has 0 aliphatic heterocycles. The third-order valence-corrected chi connectivity index (χ3v) is 9.78. The van der Waals surface area contributed by atoms with Crippen LogP contribution in [0.2, 0.25) is 0 Å². The zero-order valence-corrected chi connectivity index (χ0v) is 26.9. The van der Waals surface area contributed by atoms with Crippen molar-refractivity contribution >= 4 is 11.4 Å². The van der Waals surface area contributed by atoms with E-state index >= 15 is 0 Å². The molecule has 0 N–H and O–H groups in total. The van der Waals surface area contributed by atoms with E-state index in [0.29, 0.717) is 11.8 Å². The molecule has 2 fully saturated rings. The van der Waals surface area contributed by atoms with Crippen molar-refractivity contribution in [3.05, 3.63) is 120 Å². The van der Waals surface area contributed by atoms with Gasteiger partial charge in [-0.15, -0.1) is 0 Å². The summed E-state index contributed by atoms with van der Waals surface area (Å²) in [5, 5.41) is 9.13. The van der Waals surface area contributed by atoms with Gasteiger partial charge in [-0.2, -0.15) is 5.26 Å². The molecule has 0 radical (unpaired) electrons. The van der Waals surface area contributed by atoms with Gasteiger partial charge in [-0.3, -0.25) is 0 Å². The summed E-state index contributed by atoms with van der Waals surface area (Å²) >= 11 is 0. The third kappa shape index (κ3) is 8.73. The highest BCUT2D eigenvalue weighted by Crippen LogP contribution is 2.45. The number of allylic oxidation sites excluding steroid dienone is 8. The lowest BCUT2D eigenvalue weighted by Gasteiger charge is -2.38. The van der Waals surface area contributed by atoms with Gasteiger partial charge in [-0.25, -0.2) is 0 Å². The zero-order valence-electron chi connectivity index (χ0n) is 26.9. The predicted octanol–water partition coefficient (Wildman–Crippen LogP) is 12.0. The monoisotopic (exact) mass is 572 g/mol. The smallest absolute Gasteiger partial charge is 0.0940 e. The van der Waals surface area contributed by atoms with E-state index in [1.807, 2.05) is 20.8 Å². The summed E-state index contributed by atoms with van der Waals surface area (Å²) in [4.78, 5) is 2.38. The molecule has 2 heteroatoms. The lowest BCUT2D eigenvalue weighted by atomic mass is 9.67. The molecule has 2 nitrogen and oxygen atoms in total. The Labute approximate surface area is 262 Å². The molecule has 3 aliphatic carbocycles. The molecule has 2 unspecified atom stereocenters. The van der Waals surface area contributed by atoms with E-state index in [4.69, 9.17) is 5.26 Å². The number of benzene rings is 2. The summed E-state index contributed by atoms with van der Waals surface area (Å²) in [5.41, 5.74) is 8.62. The van der Waals surface area contributed by atoms with Crippen LogP contribution in [0.3, 0.4) is 0 Å². The molecular weight excluding hydrogens is 520 g/mol. The molecule has 3 aliphatic rings. The van der Waals surface area contributed by atoms with Gasteiger partial charge in [-0.1, -0.05) is 94.0 Å². The molecule has 5 rings (SSSR count). The highest BCUT2D eigenvalue weighted by molar-refractivity contribution is 5.69. The van der Waals surface area contributed by atoms with Gasteiger partial charge in [-0.05, 0) is 130 Å². The first kappa shape index (κ1) is 32.3. The number of rotatable bonds is 9. The number of anilines is 2. The average Bonchev–Trinajstić information content (AvgIpc) is 3.07. The van der Waals surface area contributed by atoms with Crippen molar-refractivity contribution in [2.24, 2.45) is 23.7 Å². The first-order valence-corrected chi connectivity index (χ1v) is 16.8. The molecule has 0 aromatic heterocycles. The topological polar surface area (TPSA) is 27.0 Å². The first-order valence-electron chi connectivity index (χ1n) is 16.8. The van der Waals surface area contributed by atoms with Gasteiger partial charge in [0.2, 0.25) is 0 Å². The van der Waals surface area contributed by atoms with E-state index in [-0.39, 0.29) is 0 Å². The Balaban J connectivity index is 0.00000207. The molecule has 43 heavy (non-hydrogen) atoms. The predicted molar refractivity (Wildman–Crippen MR) is 185 cm³/mol. The normalized spacial score (nSPS) is 23.9. The van der Waals surface area contributed by atoms with E-state index < -0.39 is 0 Å². The fraction of sp³-hybridized carbons (Fsp3) is 0.439. The van der Waals surface area contributed by atoms with Crippen LogP contribution in [0.15, 0.2) is 120 Å². The Morgan fingerprint density at radius 3 is 2.02 bits per heavy atom. The molecule has 2 aromatic rings. The Kier molecular flexibility index (Phi) is 12.3. The minimum absolute atomic E-state index is 0.606. The third-order valence-electron chi connectivity index (χ3n) is 9.78. The van der Waals surface area contributed by atoms with Gasteiger partial charge < -0.3 is 4.90 Å². The molecule has 2 saturated carbocycles. The van der Waals surface area contributed by atoms with Gasteiger partial charge >= 0.3 is 0 Å². The van der Waals surface area contributed by atoms with Crippen molar-refractivity contribution in [3.8, 4) is 6.07 Å². The number of hydrogen-bond acceptors (Lipinski definition) is 2. The maximum Gasteiger partial charge on any atom is 0.0940 e. The Morgan fingerprint density at radius 2 is 1.47 bits per heavy atom. The van der Waals surface area contributed by atoms with Crippen LogP contribution in [0, 0.1) is 35.0 Å². The van der Waals surface area contributed by atoms with E-state index in [1.165, 1.54) is 85.2 Å². The van der Waals surface area contributed by atoms with Gasteiger partial charge in [0.25, 0.3) is 0 Å². The second-order valence-corrected chi connectivity index (χ2v) is 12.6. The number of para-hydroxylation sites is 2. The molecule has 0 amide bonds. The number of nitrogens with zero attached hydrogens (tertiary/aromatic N) is 2. The fourth-order valence-corrected chi connectivity index (χ4v) is 7.47. The summed E-state index contributed by atoms with van der Waals surface area (Å²) in [6, 6.07) is 23.6. The standard InChI is InChI=1S/C39H46N2.C2H6/c1-29(28-40)25-32-17-19-34(20-18-32)36-12-10-11-35(27-36)31(3)26-30(2)33-21-23-39(24-22-33)41(37-13-6-4-7-14-37)38-15-8-5-9-16-38;1-2/h4-9,13-16,21,23,25,32,34-36H,2-3,10-12,17-20,22,24,26-27H2,1H3;1-2H3/b29-25-;. The largest absolute Gasteiger partial charge is 0.314 e. The van der Waals surface area contributed by atoms with Crippen molar-refractivity contribution in [2.45, 2.75) is 91.4 Å². The van der Waals surface area contributed by atoms with Crippen molar-refractivity contribution in [1.82, 2.24) is 0 Å². The van der Waals surface area contributed by atoms with Gasteiger partial charge in [0.1, 0.15) is 0 Å². The molecule has 2 aromatic carbocycles. The summed E-state index contributed by atoms with van der Waals surface area (Å²) in [6.45, 7) is 15.1. The Bertz CT molecular complexity index is 1290. The second-order valence-electron chi connectivity index (χ2n) is 12.6. The SMILES string of the molecule is C=C(CC(=C)C1CCCC(C2CCC(/C=C(/C)C#N)CC2)C1)C1=CC=C(N(c2ccccc2)c2ccccc2)CC1.CC. The van der Waals surface area contributed by atoms with Gasteiger partial charge in [0, 0.05) is 22.6 Å². The molecule has 0 spiro atoms. The second kappa shape index (κ2) is 16.3. The average molecular weight is 573 g/mol. The van der Waals surface area contributed by atoms with Crippen molar-refractivity contribution in [3.63, 3.8) is 0 Å². The molecular formula is C41H52N2. The minimum atomic E-state index is 0.606. The first-order chi connectivity index (χ1) is 21.0. The highest BCUT2D eigenvalue weighted by atomic mass is 15.1. The summed E-state index contributed by atoms with van der Waals surface area (Å²) in [6.07, 6.45) is 20.2. The van der Waals surface area contributed by atoms with Crippen LogP contribution >= 0.6 is 0 Å². The maximum atomic E-state index is 9.13. The highest BCUT2D eigenvalue weighted by Gasteiger charge is 2.32.